The van der Waals surface area contributed by atoms with E-state index in [-0.39, 0.29) is 24.8 Å². The minimum Gasteiger partial charge on any atom is -0.454 e. The minimum atomic E-state index is -0.0181. The van der Waals surface area contributed by atoms with Gasteiger partial charge in [-0.05, 0) is 17.7 Å². The molecule has 5 rings (SSSR count). The normalized spacial score (nSPS) is 23.7. The van der Waals surface area contributed by atoms with Gasteiger partial charge in [-0.3, -0.25) is 4.79 Å². The lowest BCUT2D eigenvalue weighted by molar-refractivity contribution is -0.130. The third-order valence-corrected chi connectivity index (χ3v) is 5.70. The lowest BCUT2D eigenvalue weighted by Gasteiger charge is -2.26. The first-order chi connectivity index (χ1) is 13.6. The molecule has 2 N–H and O–H groups in total. The second kappa shape index (κ2) is 6.56. The summed E-state index contributed by atoms with van der Waals surface area (Å²) in [6.45, 7) is 2.09. The molecule has 2 fully saturated rings. The van der Waals surface area contributed by atoms with Gasteiger partial charge in [0.25, 0.3) is 0 Å². The van der Waals surface area contributed by atoms with E-state index in [1.165, 1.54) is 0 Å². The Bertz CT molecular complexity index is 934. The van der Waals surface area contributed by atoms with Crippen LogP contribution in [-0.2, 0) is 9.53 Å². The molecule has 146 valence electrons. The number of ether oxygens (including phenoxy) is 3. The number of nitrogens with zero attached hydrogens (tertiary/aromatic N) is 3. The minimum absolute atomic E-state index is 0.0181. The van der Waals surface area contributed by atoms with Gasteiger partial charge < -0.3 is 29.7 Å². The fraction of sp³-hybridized carbons (Fsp3) is 0.400. The van der Waals surface area contributed by atoms with Crippen LogP contribution in [0.25, 0.3) is 11.1 Å². The molecule has 1 aromatic heterocycles. The molecule has 0 aliphatic carbocycles. The highest BCUT2D eigenvalue weighted by molar-refractivity contribution is 5.82. The number of nitrogens with two attached hydrogens (primary N) is 1. The van der Waals surface area contributed by atoms with Crippen LogP contribution in [-0.4, -0.2) is 61.5 Å². The molecule has 8 heteroatoms. The summed E-state index contributed by atoms with van der Waals surface area (Å²) < 4.78 is 16.9. The molecule has 2 atom stereocenters. The molecule has 2 aromatic rings. The second-order valence-electron chi connectivity index (χ2n) is 7.33. The van der Waals surface area contributed by atoms with Crippen molar-refractivity contribution in [2.24, 2.45) is 0 Å². The number of benzene rings is 1. The Morgan fingerprint density at radius 3 is 2.93 bits per heavy atom. The molecule has 1 aromatic carbocycles. The van der Waals surface area contributed by atoms with Crippen LogP contribution in [0.15, 0.2) is 30.5 Å². The summed E-state index contributed by atoms with van der Waals surface area (Å²) in [5, 5.41) is 0. The van der Waals surface area contributed by atoms with E-state index < -0.39 is 0 Å². The Kier molecular flexibility index (Phi) is 4.01. The first kappa shape index (κ1) is 17.1. The molecular formula is C20H22N4O4. The number of fused-ring (bicyclic) bond motifs is 2. The number of carbonyl (C=O) groups excluding carboxylic acids is 1. The van der Waals surface area contributed by atoms with Crippen LogP contribution in [0, 0.1) is 0 Å². The van der Waals surface area contributed by atoms with E-state index in [4.69, 9.17) is 19.9 Å². The van der Waals surface area contributed by atoms with Gasteiger partial charge in [0, 0.05) is 43.7 Å². The number of nitrogen functional groups attached to an aromatic ring is 1. The summed E-state index contributed by atoms with van der Waals surface area (Å²) in [7, 11) is 1.86. The van der Waals surface area contributed by atoms with Gasteiger partial charge >= 0.3 is 0 Å². The average molecular weight is 382 g/mol. The van der Waals surface area contributed by atoms with Crippen molar-refractivity contribution in [1.29, 1.82) is 0 Å². The van der Waals surface area contributed by atoms with Gasteiger partial charge in [0.05, 0.1) is 25.2 Å². The van der Waals surface area contributed by atoms with Crippen molar-refractivity contribution in [3.63, 3.8) is 0 Å². The Morgan fingerprint density at radius 2 is 2.04 bits per heavy atom. The Labute approximate surface area is 162 Å². The highest BCUT2D eigenvalue weighted by atomic mass is 16.7. The van der Waals surface area contributed by atoms with Crippen molar-refractivity contribution in [1.82, 2.24) is 9.88 Å². The fourth-order valence-corrected chi connectivity index (χ4v) is 4.16. The van der Waals surface area contributed by atoms with E-state index in [9.17, 15) is 4.79 Å². The van der Waals surface area contributed by atoms with Gasteiger partial charge in [-0.1, -0.05) is 6.07 Å². The highest BCUT2D eigenvalue weighted by Gasteiger charge is 2.40. The standard InChI is InChI=1S/C20H22N4O4/c1-23-15-9-24(10-18(15)26-5-4-20(23)25)14-7-19(21)22-8-13(14)12-2-3-16-17(6-12)28-11-27-16/h2-3,6-8,15,18H,4-5,9-11H2,1H3,(H2,21,22)/t15-,18-/m0/s1. The molecule has 3 aliphatic heterocycles. The highest BCUT2D eigenvalue weighted by Crippen LogP contribution is 2.40. The maximum Gasteiger partial charge on any atom is 0.231 e. The second-order valence-corrected chi connectivity index (χ2v) is 7.33. The predicted octanol–water partition coefficient (Wildman–Crippen LogP) is 1.50. The zero-order valence-electron chi connectivity index (χ0n) is 15.6. The first-order valence-corrected chi connectivity index (χ1v) is 9.38. The van der Waals surface area contributed by atoms with Crippen LogP contribution in [0.1, 0.15) is 6.42 Å². The molecule has 0 unspecified atom stereocenters. The molecule has 0 spiro atoms. The Hall–Kier alpha value is -3.00. The average Bonchev–Trinajstić information content (AvgIpc) is 3.31. The summed E-state index contributed by atoms with van der Waals surface area (Å²) in [5.41, 5.74) is 8.91. The number of hydrogen-bond donors (Lipinski definition) is 1. The summed E-state index contributed by atoms with van der Waals surface area (Å²) >= 11 is 0. The van der Waals surface area contributed by atoms with Gasteiger partial charge in [0.15, 0.2) is 11.5 Å². The van der Waals surface area contributed by atoms with E-state index >= 15 is 0 Å². The van der Waals surface area contributed by atoms with Crippen LogP contribution in [0.3, 0.4) is 0 Å². The van der Waals surface area contributed by atoms with Gasteiger partial charge in [-0.25, -0.2) is 4.98 Å². The lowest BCUT2D eigenvalue weighted by atomic mass is 10.0. The number of aromatic nitrogens is 1. The van der Waals surface area contributed by atoms with Crippen LogP contribution >= 0.6 is 0 Å². The molecule has 0 radical (unpaired) electrons. The lowest BCUT2D eigenvalue weighted by Crippen LogP contribution is -2.42. The quantitative estimate of drug-likeness (QED) is 0.842. The molecular weight excluding hydrogens is 360 g/mol. The predicted molar refractivity (Wildman–Crippen MR) is 103 cm³/mol. The molecule has 1 amide bonds. The monoisotopic (exact) mass is 382 g/mol. The van der Waals surface area contributed by atoms with Gasteiger partial charge in [-0.15, -0.1) is 0 Å². The molecule has 8 nitrogen and oxygen atoms in total. The van der Waals surface area contributed by atoms with E-state index in [0.29, 0.717) is 31.9 Å². The smallest absolute Gasteiger partial charge is 0.231 e. The fourth-order valence-electron chi connectivity index (χ4n) is 4.16. The molecule has 3 aliphatic rings. The maximum atomic E-state index is 12.2. The van der Waals surface area contributed by atoms with Crippen molar-refractivity contribution in [3.05, 3.63) is 30.5 Å². The maximum absolute atomic E-state index is 12.2. The number of likely N-dealkylation sites (N-methyl/N-ethyl adjacent to an activating group) is 1. The number of rotatable bonds is 2. The van der Waals surface area contributed by atoms with Crippen molar-refractivity contribution in [2.45, 2.75) is 18.6 Å². The molecule has 2 saturated heterocycles. The van der Waals surface area contributed by atoms with Crippen LogP contribution in [0.5, 0.6) is 11.5 Å². The van der Waals surface area contributed by atoms with Crippen LogP contribution in [0.2, 0.25) is 0 Å². The topological polar surface area (TPSA) is 90.2 Å². The zero-order chi connectivity index (χ0) is 19.3. The van der Waals surface area contributed by atoms with Crippen molar-refractivity contribution >= 4 is 17.4 Å². The number of hydrogen-bond acceptors (Lipinski definition) is 7. The summed E-state index contributed by atoms with van der Waals surface area (Å²) in [4.78, 5) is 20.6. The van der Waals surface area contributed by atoms with Crippen LogP contribution in [0.4, 0.5) is 11.5 Å². The summed E-state index contributed by atoms with van der Waals surface area (Å²) in [5.74, 6) is 2.04. The Balaban J connectivity index is 1.51. The molecule has 4 heterocycles. The third kappa shape index (κ3) is 2.80. The van der Waals surface area contributed by atoms with E-state index in [1.54, 1.807) is 6.20 Å². The van der Waals surface area contributed by atoms with Crippen molar-refractivity contribution in [3.8, 4) is 22.6 Å². The Morgan fingerprint density at radius 1 is 1.18 bits per heavy atom. The molecule has 0 bridgehead atoms. The zero-order valence-corrected chi connectivity index (χ0v) is 15.6. The van der Waals surface area contributed by atoms with Crippen molar-refractivity contribution in [2.75, 3.05) is 44.2 Å². The largest absolute Gasteiger partial charge is 0.454 e. The first-order valence-electron chi connectivity index (χ1n) is 9.38. The molecule has 28 heavy (non-hydrogen) atoms. The third-order valence-electron chi connectivity index (χ3n) is 5.70. The van der Waals surface area contributed by atoms with E-state index in [2.05, 4.69) is 9.88 Å². The SMILES string of the molecule is CN1C(=O)CCO[C@H]2CN(c3cc(N)ncc3-c3ccc4c(c3)OCO4)C[C@@H]21. The number of amides is 1. The van der Waals surface area contributed by atoms with Crippen molar-refractivity contribution < 1.29 is 19.0 Å². The summed E-state index contributed by atoms with van der Waals surface area (Å²) in [6, 6.07) is 7.76. The van der Waals surface area contributed by atoms with Gasteiger partial charge in [0.2, 0.25) is 12.7 Å². The van der Waals surface area contributed by atoms with E-state index in [0.717, 1.165) is 28.3 Å². The molecule has 0 saturated carbocycles. The van der Waals surface area contributed by atoms with Gasteiger partial charge in [0.1, 0.15) is 5.82 Å². The summed E-state index contributed by atoms with van der Waals surface area (Å²) in [6.07, 6.45) is 2.20. The number of anilines is 2. The number of pyridine rings is 1. The van der Waals surface area contributed by atoms with E-state index in [1.807, 2.05) is 36.2 Å². The van der Waals surface area contributed by atoms with Gasteiger partial charge in [-0.2, -0.15) is 0 Å². The van der Waals surface area contributed by atoms with Crippen LogP contribution < -0.4 is 20.1 Å². The number of carbonyl (C=O) groups is 1.